The molecular weight excluding hydrogens is 439 g/mol. The van der Waals surface area contributed by atoms with Crippen LogP contribution >= 0.6 is 0 Å². The third kappa shape index (κ3) is 3.11. The van der Waals surface area contributed by atoms with Gasteiger partial charge in [0.2, 0.25) is 0 Å². The number of carbonyl (C=O) groups excluding carboxylic acids is 1. The minimum Gasteiger partial charge on any atom is -0.361 e. The quantitative estimate of drug-likeness (QED) is 0.489. The van der Waals surface area contributed by atoms with Gasteiger partial charge in [0.1, 0.15) is 11.5 Å². The van der Waals surface area contributed by atoms with E-state index < -0.39 is 0 Å². The molecule has 0 aromatic carbocycles. The molecule has 3 saturated carbocycles. The van der Waals surface area contributed by atoms with Crippen molar-refractivity contribution in [1.29, 1.82) is 0 Å². The second-order valence-corrected chi connectivity index (χ2v) is 15.1. The minimum absolute atomic E-state index is 0. The minimum atomic E-state index is -0.0920. The van der Waals surface area contributed by atoms with Crippen molar-refractivity contribution in [3.05, 3.63) is 35.1 Å². The van der Waals surface area contributed by atoms with E-state index in [-0.39, 0.29) is 57.3 Å². The van der Waals surface area contributed by atoms with Gasteiger partial charge in [-0.2, -0.15) is 6.42 Å². The number of hydrogen-bond acceptors (Lipinski definition) is 4. The molecule has 0 aliphatic heterocycles. The van der Waals surface area contributed by atoms with Gasteiger partial charge in [0.05, 0.1) is 6.20 Å². The first-order valence-corrected chi connectivity index (χ1v) is 14.0. The molecule has 3 fully saturated rings. The van der Waals surface area contributed by atoms with E-state index in [2.05, 4.69) is 59.7 Å². The van der Waals surface area contributed by atoms with Gasteiger partial charge in [0.25, 0.3) is 0 Å². The van der Waals surface area contributed by atoms with Crippen molar-refractivity contribution in [1.82, 2.24) is 5.16 Å². The summed E-state index contributed by atoms with van der Waals surface area (Å²) in [5.74, 6) is 3.37. The molecule has 5 aliphatic carbocycles. The van der Waals surface area contributed by atoms with E-state index in [1.165, 1.54) is 23.5 Å². The summed E-state index contributed by atoms with van der Waals surface area (Å²) in [5, 5.41) is 4.20. The summed E-state index contributed by atoms with van der Waals surface area (Å²) in [5.41, 5.74) is 9.29. The zero-order valence-corrected chi connectivity index (χ0v) is 24.0. The van der Waals surface area contributed by atoms with Crippen molar-refractivity contribution in [2.24, 2.45) is 44.6 Å². The Labute approximate surface area is 230 Å². The molecule has 6 atom stereocenters. The van der Waals surface area contributed by atoms with Crippen LogP contribution < -0.4 is 24.6 Å². The average molecular weight is 485 g/mol. The van der Waals surface area contributed by atoms with Crippen molar-refractivity contribution >= 4 is 5.78 Å². The molecule has 0 saturated heterocycles. The van der Waals surface area contributed by atoms with Crippen molar-refractivity contribution in [3.63, 3.8) is 0 Å². The second-order valence-electron chi connectivity index (χ2n) is 15.1. The van der Waals surface area contributed by atoms with E-state index in [1.54, 1.807) is 0 Å². The van der Waals surface area contributed by atoms with Gasteiger partial charge in [-0.25, -0.2) is 0 Å². The summed E-state index contributed by atoms with van der Waals surface area (Å²) in [6.07, 6.45) is 12.9. The summed E-state index contributed by atoms with van der Waals surface area (Å²) in [4.78, 5) is 14.4. The number of nitrogens with two attached hydrogens (primary N) is 1. The van der Waals surface area contributed by atoms with Gasteiger partial charge in [-0.1, -0.05) is 96.2 Å². The molecule has 6 rings (SSSR count). The van der Waals surface area contributed by atoms with E-state index in [9.17, 15) is 4.79 Å². The molecular formula is C31H45LiN2O2. The Kier molecular flexibility index (Phi) is 5.85. The van der Waals surface area contributed by atoms with Gasteiger partial charge in [-0.3, -0.25) is 10.7 Å². The van der Waals surface area contributed by atoms with Gasteiger partial charge < -0.3 is 10.3 Å². The molecule has 0 amide bonds. The number of allylic oxidation sites excluding steroid dienone is 2. The van der Waals surface area contributed by atoms with Gasteiger partial charge >= 0.3 is 18.9 Å². The molecule has 5 aliphatic rings. The monoisotopic (exact) mass is 484 g/mol. The smallest absolute Gasteiger partial charge is 0.361 e. The van der Waals surface area contributed by atoms with Crippen molar-refractivity contribution in [3.8, 4) is 0 Å². The number of ketones is 1. The Morgan fingerprint density at radius 2 is 1.75 bits per heavy atom. The van der Waals surface area contributed by atoms with Gasteiger partial charge in [0, 0.05) is 11.0 Å². The third-order valence-corrected chi connectivity index (χ3v) is 12.5. The second kappa shape index (κ2) is 7.86. The van der Waals surface area contributed by atoms with Crippen LogP contribution in [0.25, 0.3) is 0 Å². The van der Waals surface area contributed by atoms with E-state index >= 15 is 0 Å². The van der Waals surface area contributed by atoms with Crippen LogP contribution in [0.15, 0.2) is 22.4 Å². The fraction of sp³-hybridized carbons (Fsp3) is 0.774. The van der Waals surface area contributed by atoms with Crippen molar-refractivity contribution < 1.29 is 28.2 Å². The SMILES string of the molecule is CC1(C)CC[C@]2(CN)CC[C@]3(C)[C@H](C(=O)C=C4[C@@]5(C)Cc6cnoc6C(C)(C)C5CC[C@]43C)[C-]2C1.[Li+]. The molecule has 4 nitrogen and oxygen atoms in total. The van der Waals surface area contributed by atoms with Crippen LogP contribution in [0, 0.1) is 44.8 Å². The predicted molar refractivity (Wildman–Crippen MR) is 138 cm³/mol. The molecule has 1 aromatic rings. The van der Waals surface area contributed by atoms with Crippen LogP contribution in [0.2, 0.25) is 0 Å². The van der Waals surface area contributed by atoms with Crippen LogP contribution in [0.3, 0.4) is 0 Å². The molecule has 0 spiro atoms. The van der Waals surface area contributed by atoms with Gasteiger partial charge in [-0.15, -0.1) is 5.41 Å². The summed E-state index contributed by atoms with van der Waals surface area (Å²) in [6.45, 7) is 17.5. The first-order chi connectivity index (χ1) is 16.2. The molecule has 2 N–H and O–H groups in total. The zero-order valence-electron chi connectivity index (χ0n) is 24.0. The maximum atomic E-state index is 14.4. The molecule has 0 radical (unpaired) electrons. The summed E-state index contributed by atoms with van der Waals surface area (Å²) in [6, 6.07) is 0. The zero-order chi connectivity index (χ0) is 25.2. The van der Waals surface area contributed by atoms with E-state index in [4.69, 9.17) is 10.3 Å². The Morgan fingerprint density at radius 1 is 1.06 bits per heavy atom. The van der Waals surface area contributed by atoms with E-state index in [0.29, 0.717) is 18.2 Å². The number of nitrogens with zero attached hydrogens (tertiary/aromatic N) is 1. The Morgan fingerprint density at radius 3 is 2.44 bits per heavy atom. The maximum Gasteiger partial charge on any atom is 1.00 e. The Balaban J connectivity index is 0.00000267. The Bertz CT molecular complexity index is 1120. The van der Waals surface area contributed by atoms with Crippen molar-refractivity contribution in [2.75, 3.05) is 6.54 Å². The molecule has 5 heteroatoms. The molecule has 192 valence electrons. The standard InChI is InChI=1S/C31H45N2O2.Li/c1-26(2)10-12-31(18-32)13-11-30(7)24(20(31)16-26)21(34)14-23-28(5)15-19-17-33-35-25(19)27(3,4)22(28)8-9-29(23,30)6;/h14,17,22,24H,8-13,15-16,18,32H2,1-7H3;/q-1;+1/t22?,24-,28-,29+,30+,31+;/m0./s1. The third-order valence-electron chi connectivity index (χ3n) is 12.5. The largest absolute Gasteiger partial charge is 1.00 e. The maximum absolute atomic E-state index is 14.4. The number of aromatic nitrogens is 1. The number of fused-ring (bicyclic) bond motifs is 8. The van der Waals surface area contributed by atoms with E-state index in [0.717, 1.165) is 50.7 Å². The van der Waals surface area contributed by atoms with Crippen LogP contribution in [0.4, 0.5) is 0 Å². The molecule has 1 heterocycles. The average Bonchev–Trinajstić information content (AvgIpc) is 3.24. The fourth-order valence-corrected chi connectivity index (χ4v) is 10.4. The van der Waals surface area contributed by atoms with Crippen LogP contribution in [-0.2, 0) is 16.6 Å². The summed E-state index contributed by atoms with van der Waals surface area (Å²) in [7, 11) is 0. The Hall–Kier alpha value is -0.823. The number of hydrogen-bond donors (Lipinski definition) is 1. The van der Waals surface area contributed by atoms with Gasteiger partial charge in [-0.05, 0) is 54.0 Å². The topological polar surface area (TPSA) is 69.1 Å². The van der Waals surface area contributed by atoms with Crippen LogP contribution in [-0.4, -0.2) is 17.5 Å². The molecule has 36 heavy (non-hydrogen) atoms. The number of carbonyl (C=O) groups is 1. The van der Waals surface area contributed by atoms with Crippen LogP contribution in [0.5, 0.6) is 0 Å². The number of rotatable bonds is 1. The van der Waals surface area contributed by atoms with Gasteiger partial charge in [0.15, 0.2) is 0 Å². The van der Waals surface area contributed by atoms with E-state index in [1.807, 2.05) is 6.20 Å². The fourth-order valence-electron chi connectivity index (χ4n) is 10.4. The molecule has 0 bridgehead atoms. The van der Waals surface area contributed by atoms with Crippen LogP contribution in [0.1, 0.15) is 105 Å². The molecule has 1 unspecified atom stereocenters. The summed E-state index contributed by atoms with van der Waals surface area (Å²) >= 11 is 0. The normalized spacial score (nSPS) is 44.7. The first kappa shape index (κ1) is 26.8. The molecule has 1 aromatic heterocycles. The van der Waals surface area contributed by atoms with Crippen molar-refractivity contribution in [2.45, 2.75) is 105 Å². The summed E-state index contributed by atoms with van der Waals surface area (Å²) < 4.78 is 5.80. The first-order valence-electron chi connectivity index (χ1n) is 14.0. The predicted octanol–water partition coefficient (Wildman–Crippen LogP) is 3.59.